The second-order valence-corrected chi connectivity index (χ2v) is 8.47. The van der Waals surface area contributed by atoms with E-state index in [1.165, 1.54) is 0 Å². The van der Waals surface area contributed by atoms with Gasteiger partial charge in [-0.15, -0.1) is 0 Å². The number of fused-ring (bicyclic) bond motifs is 2. The van der Waals surface area contributed by atoms with Gasteiger partial charge in [0.05, 0.1) is 34.5 Å². The van der Waals surface area contributed by atoms with E-state index in [0.717, 1.165) is 61.5 Å². The van der Waals surface area contributed by atoms with Crippen LogP contribution in [0.25, 0.3) is 55.8 Å². The van der Waals surface area contributed by atoms with Crippen LogP contribution in [0, 0.1) is 0 Å². The number of nitrogens with one attached hydrogen (secondary N) is 3. The zero-order chi connectivity index (χ0) is 23.1. The Morgan fingerprint density at radius 2 is 1.79 bits per heavy atom. The molecule has 0 fully saturated rings. The van der Waals surface area contributed by atoms with Gasteiger partial charge in [0.15, 0.2) is 0 Å². The fraction of sp³-hybridized carbons (Fsp3) is 0.115. The van der Waals surface area contributed by atoms with Crippen molar-refractivity contribution in [3.63, 3.8) is 0 Å². The molecule has 6 heterocycles. The Morgan fingerprint density at radius 3 is 2.65 bits per heavy atom. The first-order valence-electron chi connectivity index (χ1n) is 11.1. The summed E-state index contributed by atoms with van der Waals surface area (Å²) in [7, 11) is 0. The van der Waals surface area contributed by atoms with Crippen LogP contribution < -0.4 is 5.32 Å². The van der Waals surface area contributed by atoms with Crippen LogP contribution in [0.4, 0.5) is 5.69 Å². The summed E-state index contributed by atoms with van der Waals surface area (Å²) in [5.74, 6) is 0. The van der Waals surface area contributed by atoms with E-state index in [9.17, 15) is 0 Å². The van der Waals surface area contributed by atoms with Crippen molar-refractivity contribution in [2.24, 2.45) is 0 Å². The molecule has 6 rings (SSSR count). The second kappa shape index (κ2) is 8.08. The number of H-pyrrole nitrogens is 2. The molecular weight excluding hydrogens is 424 g/mol. The summed E-state index contributed by atoms with van der Waals surface area (Å²) in [6.45, 7) is 4.20. The summed E-state index contributed by atoms with van der Waals surface area (Å²) >= 11 is 0. The third-order valence-electron chi connectivity index (χ3n) is 5.66. The lowest BCUT2D eigenvalue weighted by atomic mass is 10.1. The highest BCUT2D eigenvalue weighted by Gasteiger charge is 2.16. The Balaban J connectivity index is 1.45. The van der Waals surface area contributed by atoms with Crippen LogP contribution >= 0.6 is 0 Å². The minimum atomic E-state index is 0.319. The van der Waals surface area contributed by atoms with Crippen molar-refractivity contribution in [3.05, 3.63) is 73.4 Å². The number of hydrogen-bond donors (Lipinski definition) is 3. The lowest BCUT2D eigenvalue weighted by Gasteiger charge is -2.10. The highest BCUT2D eigenvalue weighted by molar-refractivity contribution is 5.99. The first kappa shape index (κ1) is 20.0. The number of anilines is 1. The molecule has 0 aliphatic rings. The Hall–Kier alpha value is -4.59. The van der Waals surface area contributed by atoms with E-state index in [-0.39, 0.29) is 0 Å². The highest BCUT2D eigenvalue weighted by Crippen LogP contribution is 2.33. The zero-order valence-corrected chi connectivity index (χ0v) is 18.7. The van der Waals surface area contributed by atoms with E-state index < -0.39 is 0 Å². The predicted molar refractivity (Wildman–Crippen MR) is 134 cm³/mol. The molecule has 34 heavy (non-hydrogen) atoms. The molecule has 0 aliphatic carbocycles. The van der Waals surface area contributed by atoms with Crippen LogP contribution in [0.5, 0.6) is 0 Å². The van der Waals surface area contributed by atoms with E-state index in [1.807, 2.05) is 48.9 Å². The molecule has 0 unspecified atom stereocenters. The van der Waals surface area contributed by atoms with Crippen LogP contribution in [0.1, 0.15) is 13.8 Å². The maximum Gasteiger partial charge on any atom is 0.138 e. The molecule has 0 bridgehead atoms. The summed E-state index contributed by atoms with van der Waals surface area (Å²) in [5, 5.41) is 13.0. The van der Waals surface area contributed by atoms with Crippen LogP contribution in [0.2, 0.25) is 0 Å². The molecule has 0 atom stereocenters. The Morgan fingerprint density at radius 1 is 0.853 bits per heavy atom. The lowest BCUT2D eigenvalue weighted by Crippen LogP contribution is -2.09. The minimum Gasteiger partial charge on any atom is -0.382 e. The molecule has 0 spiro atoms. The molecule has 0 aromatic carbocycles. The van der Waals surface area contributed by atoms with Gasteiger partial charge in [-0.2, -0.15) is 5.10 Å². The first-order chi connectivity index (χ1) is 16.7. The third kappa shape index (κ3) is 3.55. The second-order valence-electron chi connectivity index (χ2n) is 8.47. The van der Waals surface area contributed by atoms with Crippen molar-refractivity contribution in [2.45, 2.75) is 19.9 Å². The molecule has 3 N–H and O–H groups in total. The smallest absolute Gasteiger partial charge is 0.138 e. The van der Waals surface area contributed by atoms with Crippen LogP contribution in [-0.2, 0) is 0 Å². The topological polar surface area (TPSA) is 108 Å². The number of nitrogens with zero attached hydrogens (tertiary/aromatic N) is 5. The molecule has 8 nitrogen and oxygen atoms in total. The van der Waals surface area contributed by atoms with Crippen LogP contribution in [0.3, 0.4) is 0 Å². The standard InChI is InChI=1S/C26H22N8/c1-15(2)31-17-9-16(12-27-13-17)22-11-20-24(14-30-22)33-34-25(20)23-10-19-18(6-8-29-26(19)32-23)21-5-3-4-7-28-21/h3-15,31H,1-2H3,(H,29,32)(H,33,34). The van der Waals surface area contributed by atoms with Gasteiger partial charge in [0.2, 0.25) is 0 Å². The molecule has 0 saturated carbocycles. The average Bonchev–Trinajstić information content (AvgIpc) is 3.48. The third-order valence-corrected chi connectivity index (χ3v) is 5.66. The quantitative estimate of drug-likeness (QED) is 0.325. The van der Waals surface area contributed by atoms with E-state index in [4.69, 9.17) is 0 Å². The van der Waals surface area contributed by atoms with Crippen LogP contribution in [0.15, 0.2) is 73.4 Å². The largest absolute Gasteiger partial charge is 0.382 e. The fourth-order valence-corrected chi connectivity index (χ4v) is 4.17. The van der Waals surface area contributed by atoms with E-state index in [0.29, 0.717) is 6.04 Å². The number of hydrogen-bond acceptors (Lipinski definition) is 6. The predicted octanol–water partition coefficient (Wildman–Crippen LogP) is 5.45. The molecule has 166 valence electrons. The Bertz CT molecular complexity index is 1610. The van der Waals surface area contributed by atoms with E-state index in [2.05, 4.69) is 66.4 Å². The molecule has 0 saturated heterocycles. The molecule has 8 heteroatoms. The summed E-state index contributed by atoms with van der Waals surface area (Å²) in [5.41, 5.74) is 8.01. The SMILES string of the molecule is CC(C)Nc1cncc(-c2cc3c(-c4cc5c(-c6ccccn6)ccnc5[nH]4)n[nH]c3cn2)c1. The normalized spacial score (nSPS) is 11.5. The molecule has 6 aromatic heterocycles. The van der Waals surface area contributed by atoms with E-state index >= 15 is 0 Å². The number of aromatic nitrogens is 7. The lowest BCUT2D eigenvalue weighted by molar-refractivity contribution is 0.898. The Labute approximate surface area is 195 Å². The van der Waals surface area contributed by atoms with Crippen molar-refractivity contribution in [2.75, 3.05) is 5.32 Å². The minimum absolute atomic E-state index is 0.319. The van der Waals surface area contributed by atoms with Crippen molar-refractivity contribution in [1.82, 2.24) is 35.1 Å². The summed E-state index contributed by atoms with van der Waals surface area (Å²) in [6, 6.07) is 14.4. The summed E-state index contributed by atoms with van der Waals surface area (Å²) < 4.78 is 0. The maximum atomic E-state index is 4.63. The van der Waals surface area contributed by atoms with Crippen molar-refractivity contribution < 1.29 is 0 Å². The van der Waals surface area contributed by atoms with Crippen molar-refractivity contribution in [1.29, 1.82) is 0 Å². The number of aromatic amines is 2. The molecule has 0 aliphatic heterocycles. The van der Waals surface area contributed by atoms with Crippen LogP contribution in [-0.4, -0.2) is 41.2 Å². The zero-order valence-electron chi connectivity index (χ0n) is 18.7. The van der Waals surface area contributed by atoms with Gasteiger partial charge in [-0.05, 0) is 50.2 Å². The molecular formula is C26H22N8. The van der Waals surface area contributed by atoms with Gasteiger partial charge < -0.3 is 10.3 Å². The molecule has 6 aromatic rings. The van der Waals surface area contributed by atoms with Gasteiger partial charge in [0.1, 0.15) is 11.3 Å². The van der Waals surface area contributed by atoms with Crippen molar-refractivity contribution in [3.8, 4) is 33.9 Å². The van der Waals surface area contributed by atoms with Gasteiger partial charge in [-0.1, -0.05) is 6.07 Å². The van der Waals surface area contributed by atoms with Gasteiger partial charge in [0.25, 0.3) is 0 Å². The van der Waals surface area contributed by atoms with Crippen molar-refractivity contribution >= 4 is 27.6 Å². The van der Waals surface area contributed by atoms with Gasteiger partial charge in [-0.25, -0.2) is 4.98 Å². The monoisotopic (exact) mass is 446 g/mol. The summed E-state index contributed by atoms with van der Waals surface area (Å²) in [4.78, 5) is 21.5. The van der Waals surface area contributed by atoms with Gasteiger partial charge in [0, 0.05) is 52.7 Å². The number of pyridine rings is 4. The van der Waals surface area contributed by atoms with E-state index in [1.54, 1.807) is 12.4 Å². The maximum absolute atomic E-state index is 4.63. The summed E-state index contributed by atoms with van der Waals surface area (Å²) in [6.07, 6.45) is 9.05. The highest BCUT2D eigenvalue weighted by atomic mass is 15.1. The Kier molecular flexibility index (Phi) is 4.76. The van der Waals surface area contributed by atoms with Gasteiger partial charge in [-0.3, -0.25) is 20.1 Å². The number of rotatable bonds is 5. The first-order valence-corrected chi connectivity index (χ1v) is 11.1. The van der Waals surface area contributed by atoms with Gasteiger partial charge >= 0.3 is 0 Å². The molecule has 0 radical (unpaired) electrons. The fourth-order valence-electron chi connectivity index (χ4n) is 4.17. The molecule has 0 amide bonds. The average molecular weight is 447 g/mol.